The normalized spacial score (nSPS) is 43.9. The first kappa shape index (κ1) is 13.4. The van der Waals surface area contributed by atoms with Crippen molar-refractivity contribution in [1.82, 2.24) is 4.90 Å². The van der Waals surface area contributed by atoms with Crippen LogP contribution in [0.5, 0.6) is 0 Å². The molecule has 2 fully saturated rings. The standard InChI is InChI=1S/C15H29NO/c1-11-4-7-13(8-5-11)16(3)14-10-12(2)6-9-15(14)17/h11-15,17H,4-10H2,1-3H3. The van der Waals surface area contributed by atoms with Crippen LogP contribution in [-0.2, 0) is 0 Å². The van der Waals surface area contributed by atoms with Gasteiger partial charge in [0, 0.05) is 12.1 Å². The monoisotopic (exact) mass is 239 g/mol. The molecule has 0 amide bonds. The summed E-state index contributed by atoms with van der Waals surface area (Å²) in [5.74, 6) is 1.70. The smallest absolute Gasteiger partial charge is 0.0695 e. The second-order valence-corrected chi connectivity index (χ2v) is 6.63. The first-order chi connectivity index (χ1) is 8.08. The van der Waals surface area contributed by atoms with Gasteiger partial charge in [-0.15, -0.1) is 0 Å². The second kappa shape index (κ2) is 5.71. The summed E-state index contributed by atoms with van der Waals surface area (Å²) in [7, 11) is 2.24. The van der Waals surface area contributed by atoms with Gasteiger partial charge >= 0.3 is 0 Å². The molecule has 0 spiro atoms. The Bertz CT molecular complexity index is 235. The highest BCUT2D eigenvalue weighted by Gasteiger charge is 2.34. The first-order valence-electron chi connectivity index (χ1n) is 7.48. The van der Waals surface area contributed by atoms with E-state index in [1.165, 1.54) is 38.5 Å². The summed E-state index contributed by atoms with van der Waals surface area (Å²) in [5.41, 5.74) is 0. The fraction of sp³-hybridized carbons (Fsp3) is 1.00. The molecule has 3 unspecified atom stereocenters. The minimum Gasteiger partial charge on any atom is -0.391 e. The van der Waals surface area contributed by atoms with Crippen LogP contribution in [0.1, 0.15) is 58.8 Å². The van der Waals surface area contributed by atoms with Crippen molar-refractivity contribution in [1.29, 1.82) is 0 Å². The minimum absolute atomic E-state index is 0.0875. The number of aliphatic hydroxyl groups excluding tert-OH is 1. The Kier molecular flexibility index (Phi) is 4.48. The van der Waals surface area contributed by atoms with Crippen molar-refractivity contribution in [3.8, 4) is 0 Å². The molecule has 0 radical (unpaired) electrons. The highest BCUT2D eigenvalue weighted by atomic mass is 16.3. The number of nitrogens with zero attached hydrogens (tertiary/aromatic N) is 1. The summed E-state index contributed by atoms with van der Waals surface area (Å²) in [6, 6.07) is 1.13. The van der Waals surface area contributed by atoms with Crippen LogP contribution in [0.4, 0.5) is 0 Å². The van der Waals surface area contributed by atoms with E-state index in [4.69, 9.17) is 0 Å². The molecule has 1 N–H and O–H groups in total. The molecule has 0 aliphatic heterocycles. The van der Waals surface area contributed by atoms with E-state index in [1.54, 1.807) is 0 Å². The lowest BCUT2D eigenvalue weighted by molar-refractivity contribution is -0.0100. The fourth-order valence-electron chi connectivity index (χ4n) is 3.69. The number of hydrogen-bond acceptors (Lipinski definition) is 2. The molecule has 2 rings (SSSR count). The molecule has 3 atom stereocenters. The summed E-state index contributed by atoms with van der Waals surface area (Å²) in [6.07, 6.45) is 8.69. The van der Waals surface area contributed by atoms with Crippen LogP contribution in [0.2, 0.25) is 0 Å². The van der Waals surface area contributed by atoms with Crippen molar-refractivity contribution in [3.05, 3.63) is 0 Å². The molecule has 17 heavy (non-hydrogen) atoms. The van der Waals surface area contributed by atoms with E-state index in [0.717, 1.165) is 24.3 Å². The van der Waals surface area contributed by atoms with Crippen LogP contribution < -0.4 is 0 Å². The van der Waals surface area contributed by atoms with Gasteiger partial charge in [0.25, 0.3) is 0 Å². The third kappa shape index (κ3) is 3.23. The maximum absolute atomic E-state index is 10.2. The highest BCUT2D eigenvalue weighted by Crippen LogP contribution is 2.32. The van der Waals surface area contributed by atoms with Crippen molar-refractivity contribution in [2.24, 2.45) is 11.8 Å². The Morgan fingerprint density at radius 1 is 0.882 bits per heavy atom. The van der Waals surface area contributed by atoms with Gasteiger partial charge in [-0.25, -0.2) is 0 Å². The molecule has 0 bridgehead atoms. The van der Waals surface area contributed by atoms with Gasteiger partial charge in [0.1, 0.15) is 0 Å². The predicted molar refractivity (Wildman–Crippen MR) is 72.0 cm³/mol. The zero-order chi connectivity index (χ0) is 12.4. The zero-order valence-electron chi connectivity index (χ0n) is 11.7. The van der Waals surface area contributed by atoms with Gasteiger partial charge in [0.05, 0.1) is 6.10 Å². The Balaban J connectivity index is 1.91. The molecule has 2 aliphatic rings. The fourth-order valence-corrected chi connectivity index (χ4v) is 3.69. The molecular weight excluding hydrogens is 210 g/mol. The van der Waals surface area contributed by atoms with E-state index in [0.29, 0.717) is 6.04 Å². The Morgan fingerprint density at radius 3 is 2.12 bits per heavy atom. The van der Waals surface area contributed by atoms with Crippen molar-refractivity contribution >= 4 is 0 Å². The van der Waals surface area contributed by atoms with Crippen LogP contribution in [-0.4, -0.2) is 35.2 Å². The predicted octanol–water partition coefficient (Wildman–Crippen LogP) is 3.05. The molecule has 0 aromatic heterocycles. The lowest BCUT2D eigenvalue weighted by atomic mass is 9.81. The third-order valence-corrected chi connectivity index (χ3v) is 5.13. The van der Waals surface area contributed by atoms with Gasteiger partial charge in [-0.2, -0.15) is 0 Å². The summed E-state index contributed by atoms with van der Waals surface area (Å²) in [6.45, 7) is 4.70. The number of hydrogen-bond donors (Lipinski definition) is 1. The van der Waals surface area contributed by atoms with Crippen LogP contribution in [0.3, 0.4) is 0 Å². The summed E-state index contributed by atoms with van der Waals surface area (Å²) in [4.78, 5) is 2.51. The van der Waals surface area contributed by atoms with Crippen molar-refractivity contribution < 1.29 is 5.11 Å². The molecule has 2 aliphatic carbocycles. The molecule has 0 saturated heterocycles. The second-order valence-electron chi connectivity index (χ2n) is 6.63. The average Bonchev–Trinajstić information content (AvgIpc) is 2.32. The van der Waals surface area contributed by atoms with E-state index >= 15 is 0 Å². The highest BCUT2D eigenvalue weighted by molar-refractivity contribution is 4.88. The molecule has 0 aromatic rings. The van der Waals surface area contributed by atoms with Gasteiger partial charge in [0.15, 0.2) is 0 Å². The first-order valence-corrected chi connectivity index (χ1v) is 7.48. The minimum atomic E-state index is -0.0875. The quantitative estimate of drug-likeness (QED) is 0.800. The number of rotatable bonds is 2. The Labute approximate surface area is 106 Å². The SMILES string of the molecule is CC1CCC(N(C)C2CC(C)CCC2O)CC1. The van der Waals surface area contributed by atoms with Crippen LogP contribution in [0, 0.1) is 11.8 Å². The zero-order valence-corrected chi connectivity index (χ0v) is 11.7. The van der Waals surface area contributed by atoms with Gasteiger partial charge in [-0.1, -0.05) is 13.8 Å². The van der Waals surface area contributed by atoms with E-state index in [1.807, 2.05) is 0 Å². The van der Waals surface area contributed by atoms with Gasteiger partial charge in [-0.3, -0.25) is 4.90 Å². The average molecular weight is 239 g/mol. The van der Waals surface area contributed by atoms with Crippen molar-refractivity contribution in [2.75, 3.05) is 7.05 Å². The lowest BCUT2D eigenvalue weighted by Crippen LogP contribution is -2.50. The molecular formula is C15H29NO. The van der Waals surface area contributed by atoms with Crippen LogP contribution in [0.25, 0.3) is 0 Å². The van der Waals surface area contributed by atoms with E-state index in [9.17, 15) is 5.11 Å². The van der Waals surface area contributed by atoms with Crippen molar-refractivity contribution in [3.63, 3.8) is 0 Å². The van der Waals surface area contributed by atoms with E-state index in [2.05, 4.69) is 25.8 Å². The number of aliphatic hydroxyl groups is 1. The third-order valence-electron chi connectivity index (χ3n) is 5.13. The summed E-state index contributed by atoms with van der Waals surface area (Å²) >= 11 is 0. The molecule has 2 nitrogen and oxygen atoms in total. The number of likely N-dealkylation sites (N-methyl/N-ethyl adjacent to an activating group) is 1. The summed E-state index contributed by atoms with van der Waals surface area (Å²) < 4.78 is 0. The van der Waals surface area contributed by atoms with Gasteiger partial charge in [0.2, 0.25) is 0 Å². The van der Waals surface area contributed by atoms with Crippen LogP contribution >= 0.6 is 0 Å². The molecule has 2 heteroatoms. The lowest BCUT2D eigenvalue weighted by Gasteiger charge is -2.43. The molecule has 0 heterocycles. The maximum atomic E-state index is 10.2. The molecule has 2 saturated carbocycles. The van der Waals surface area contributed by atoms with Gasteiger partial charge in [-0.05, 0) is 63.8 Å². The molecule has 0 aromatic carbocycles. The molecule has 100 valence electrons. The maximum Gasteiger partial charge on any atom is 0.0695 e. The van der Waals surface area contributed by atoms with Crippen LogP contribution in [0.15, 0.2) is 0 Å². The van der Waals surface area contributed by atoms with Gasteiger partial charge < -0.3 is 5.11 Å². The Hall–Kier alpha value is -0.0800. The van der Waals surface area contributed by atoms with E-state index in [-0.39, 0.29) is 6.10 Å². The topological polar surface area (TPSA) is 23.5 Å². The summed E-state index contributed by atoms with van der Waals surface area (Å²) in [5, 5.41) is 10.2. The van der Waals surface area contributed by atoms with Crippen molar-refractivity contribution in [2.45, 2.75) is 77.0 Å². The Morgan fingerprint density at radius 2 is 1.47 bits per heavy atom. The van der Waals surface area contributed by atoms with E-state index < -0.39 is 0 Å². The largest absolute Gasteiger partial charge is 0.391 e.